The van der Waals surface area contributed by atoms with Crippen LogP contribution < -0.4 is 0 Å². The molecule has 0 amide bonds. The maximum absolute atomic E-state index is 13.0. The normalized spacial score (nSPS) is 10.8. The maximum atomic E-state index is 13.0. The second-order valence-corrected chi connectivity index (χ2v) is 6.73. The number of ketones is 1. The molecule has 3 aromatic carbocycles. The standard InChI is InChI=1S/C23H16ClNO3/c24-17-12-10-16(11-13-17)23(27)28-14-20(26)21-18-8-4-5-9-19(18)25-22(21)15-6-2-1-3-7-15/h1-13,25H,14H2. The van der Waals surface area contributed by atoms with Gasteiger partial charge in [-0.1, -0.05) is 60.1 Å². The number of carbonyl (C=O) groups excluding carboxylic acids is 2. The van der Waals surface area contributed by atoms with Crippen molar-refractivity contribution in [3.63, 3.8) is 0 Å². The highest BCUT2D eigenvalue weighted by Gasteiger charge is 2.21. The number of H-pyrrole nitrogens is 1. The fraction of sp³-hybridized carbons (Fsp3) is 0.0435. The SMILES string of the molecule is O=C(OCC(=O)c1c(-c2ccccc2)[nH]c2ccccc12)c1ccc(Cl)cc1. The van der Waals surface area contributed by atoms with Crippen LogP contribution in [0, 0.1) is 0 Å². The molecule has 0 atom stereocenters. The van der Waals surface area contributed by atoms with Crippen LogP contribution in [0.1, 0.15) is 20.7 Å². The zero-order chi connectivity index (χ0) is 19.5. The Balaban J connectivity index is 1.63. The number of fused-ring (bicyclic) bond motifs is 1. The molecule has 5 heteroatoms. The number of halogens is 1. The lowest BCUT2D eigenvalue weighted by Gasteiger charge is -2.07. The Labute approximate surface area is 166 Å². The largest absolute Gasteiger partial charge is 0.454 e. The minimum absolute atomic E-state index is 0.265. The van der Waals surface area contributed by atoms with E-state index in [0.29, 0.717) is 21.8 Å². The van der Waals surface area contributed by atoms with Crippen LogP contribution in [-0.4, -0.2) is 23.3 Å². The summed E-state index contributed by atoms with van der Waals surface area (Å²) in [4.78, 5) is 28.5. The van der Waals surface area contributed by atoms with Crippen molar-refractivity contribution >= 4 is 34.3 Å². The van der Waals surface area contributed by atoms with Crippen molar-refractivity contribution < 1.29 is 14.3 Å². The molecule has 1 N–H and O–H groups in total. The molecule has 0 aliphatic carbocycles. The van der Waals surface area contributed by atoms with Crippen LogP contribution in [-0.2, 0) is 4.74 Å². The molecule has 0 saturated carbocycles. The molecule has 1 aromatic heterocycles. The lowest BCUT2D eigenvalue weighted by molar-refractivity contribution is 0.0475. The van der Waals surface area contributed by atoms with E-state index in [9.17, 15) is 9.59 Å². The van der Waals surface area contributed by atoms with Gasteiger partial charge in [-0.05, 0) is 35.9 Å². The quantitative estimate of drug-likeness (QED) is 0.360. The van der Waals surface area contributed by atoms with Gasteiger partial charge in [0.2, 0.25) is 5.78 Å². The van der Waals surface area contributed by atoms with E-state index in [1.165, 1.54) is 0 Å². The first-order valence-corrected chi connectivity index (χ1v) is 9.13. The van der Waals surface area contributed by atoms with Crippen LogP contribution >= 0.6 is 11.6 Å². The maximum Gasteiger partial charge on any atom is 0.338 e. The lowest BCUT2D eigenvalue weighted by Crippen LogP contribution is -2.14. The molecular formula is C23H16ClNO3. The lowest BCUT2D eigenvalue weighted by atomic mass is 10.0. The number of esters is 1. The van der Waals surface area contributed by atoms with Gasteiger partial charge in [-0.3, -0.25) is 4.79 Å². The topological polar surface area (TPSA) is 59.2 Å². The summed E-state index contributed by atoms with van der Waals surface area (Å²) in [7, 11) is 0. The Bertz CT molecular complexity index is 1150. The number of hydrogen-bond acceptors (Lipinski definition) is 3. The molecule has 0 aliphatic rings. The number of Topliss-reactive ketones (excluding diaryl/α,β-unsaturated/α-hetero) is 1. The number of rotatable bonds is 5. The smallest absolute Gasteiger partial charge is 0.338 e. The first-order chi connectivity index (χ1) is 13.6. The van der Waals surface area contributed by atoms with Crippen LogP contribution in [0.3, 0.4) is 0 Å². The van der Waals surface area contributed by atoms with Crippen molar-refractivity contribution in [3.8, 4) is 11.3 Å². The molecule has 0 bridgehead atoms. The fourth-order valence-electron chi connectivity index (χ4n) is 3.13. The molecule has 0 radical (unpaired) electrons. The third-order valence-electron chi connectivity index (χ3n) is 4.46. The van der Waals surface area contributed by atoms with Gasteiger partial charge in [0.05, 0.1) is 16.8 Å². The van der Waals surface area contributed by atoms with Crippen molar-refractivity contribution in [1.29, 1.82) is 0 Å². The first kappa shape index (κ1) is 18.0. The number of hydrogen-bond donors (Lipinski definition) is 1. The number of carbonyl (C=O) groups is 2. The molecule has 0 spiro atoms. The van der Waals surface area contributed by atoms with E-state index in [4.69, 9.17) is 16.3 Å². The second kappa shape index (κ2) is 7.71. The predicted molar refractivity (Wildman–Crippen MR) is 110 cm³/mol. The van der Waals surface area contributed by atoms with Gasteiger partial charge >= 0.3 is 5.97 Å². The Morgan fingerprint density at radius 1 is 0.857 bits per heavy atom. The van der Waals surface area contributed by atoms with E-state index in [0.717, 1.165) is 16.5 Å². The molecule has 0 saturated heterocycles. The monoisotopic (exact) mass is 389 g/mol. The van der Waals surface area contributed by atoms with Crippen LogP contribution in [0.2, 0.25) is 5.02 Å². The average Bonchev–Trinajstić information content (AvgIpc) is 3.12. The van der Waals surface area contributed by atoms with Gasteiger partial charge in [-0.15, -0.1) is 0 Å². The molecule has 4 aromatic rings. The molecule has 0 unspecified atom stereocenters. The minimum atomic E-state index is -0.564. The summed E-state index contributed by atoms with van der Waals surface area (Å²) in [6.07, 6.45) is 0. The summed E-state index contributed by atoms with van der Waals surface area (Å²) >= 11 is 5.83. The third kappa shape index (κ3) is 3.55. The highest BCUT2D eigenvalue weighted by molar-refractivity contribution is 6.30. The molecule has 4 rings (SSSR count). The van der Waals surface area contributed by atoms with Crippen molar-refractivity contribution in [2.75, 3.05) is 6.61 Å². The van der Waals surface area contributed by atoms with Gasteiger partial charge in [-0.2, -0.15) is 0 Å². The molecule has 1 heterocycles. The van der Waals surface area contributed by atoms with E-state index < -0.39 is 5.97 Å². The van der Waals surface area contributed by atoms with Crippen molar-refractivity contribution in [2.24, 2.45) is 0 Å². The number of ether oxygens (including phenoxy) is 1. The predicted octanol–water partition coefficient (Wildman–Crippen LogP) is 5.53. The summed E-state index contributed by atoms with van der Waals surface area (Å²) in [6, 6.07) is 23.5. The summed E-state index contributed by atoms with van der Waals surface area (Å²) < 4.78 is 5.25. The number of para-hydroxylation sites is 1. The summed E-state index contributed by atoms with van der Waals surface area (Å²) in [6.45, 7) is -0.344. The zero-order valence-electron chi connectivity index (χ0n) is 14.8. The highest BCUT2D eigenvalue weighted by Crippen LogP contribution is 2.30. The van der Waals surface area contributed by atoms with Gasteiger partial charge in [0.25, 0.3) is 0 Å². The number of aromatic amines is 1. The van der Waals surface area contributed by atoms with Gasteiger partial charge in [0.1, 0.15) is 0 Å². The van der Waals surface area contributed by atoms with Crippen molar-refractivity contribution in [3.05, 3.63) is 95.0 Å². The van der Waals surface area contributed by atoms with Gasteiger partial charge in [0.15, 0.2) is 6.61 Å². The molecule has 4 nitrogen and oxygen atoms in total. The third-order valence-corrected chi connectivity index (χ3v) is 4.71. The van der Waals surface area contributed by atoms with Crippen molar-refractivity contribution in [2.45, 2.75) is 0 Å². The fourth-order valence-corrected chi connectivity index (χ4v) is 3.25. The van der Waals surface area contributed by atoms with E-state index in [-0.39, 0.29) is 12.4 Å². The van der Waals surface area contributed by atoms with E-state index in [1.54, 1.807) is 24.3 Å². The van der Waals surface area contributed by atoms with E-state index in [2.05, 4.69) is 4.98 Å². The summed E-state index contributed by atoms with van der Waals surface area (Å²) in [5, 5.41) is 1.33. The van der Waals surface area contributed by atoms with E-state index >= 15 is 0 Å². The number of aromatic nitrogens is 1. The number of nitrogens with one attached hydrogen (secondary N) is 1. The molecule has 0 aliphatic heterocycles. The van der Waals surface area contributed by atoms with Gasteiger partial charge in [-0.25, -0.2) is 4.79 Å². The van der Waals surface area contributed by atoms with Gasteiger partial charge < -0.3 is 9.72 Å². The minimum Gasteiger partial charge on any atom is -0.454 e. The molecule has 0 fully saturated rings. The van der Waals surface area contributed by atoms with Crippen LogP contribution in [0.4, 0.5) is 0 Å². The number of benzene rings is 3. The van der Waals surface area contributed by atoms with Crippen LogP contribution in [0.25, 0.3) is 22.2 Å². The zero-order valence-corrected chi connectivity index (χ0v) is 15.6. The second-order valence-electron chi connectivity index (χ2n) is 6.29. The highest BCUT2D eigenvalue weighted by atomic mass is 35.5. The molecule has 138 valence electrons. The Morgan fingerprint density at radius 2 is 1.54 bits per heavy atom. The molecule has 28 heavy (non-hydrogen) atoms. The summed E-state index contributed by atoms with van der Waals surface area (Å²) in [5.41, 5.74) is 3.33. The first-order valence-electron chi connectivity index (χ1n) is 8.75. The van der Waals surface area contributed by atoms with E-state index in [1.807, 2.05) is 54.6 Å². The van der Waals surface area contributed by atoms with Crippen molar-refractivity contribution in [1.82, 2.24) is 4.98 Å². The Kier molecular flexibility index (Phi) is 4.96. The van der Waals surface area contributed by atoms with Gasteiger partial charge in [0, 0.05) is 15.9 Å². The Morgan fingerprint density at radius 3 is 2.29 bits per heavy atom. The Hall–Kier alpha value is -3.37. The summed E-state index contributed by atoms with van der Waals surface area (Å²) in [5.74, 6) is -0.829. The molecular weight excluding hydrogens is 374 g/mol. The van der Waals surface area contributed by atoms with Crippen LogP contribution in [0.15, 0.2) is 78.9 Å². The average molecular weight is 390 g/mol. The van der Waals surface area contributed by atoms with Crippen LogP contribution in [0.5, 0.6) is 0 Å².